The number of carbonyl (C=O) groups excluding carboxylic acids is 2. The van der Waals surface area contributed by atoms with Crippen LogP contribution in [-0.4, -0.2) is 18.5 Å². The first-order valence-electron chi connectivity index (χ1n) is 7.61. The van der Waals surface area contributed by atoms with E-state index < -0.39 is 17.8 Å². The molecule has 0 amide bonds. The summed E-state index contributed by atoms with van der Waals surface area (Å²) < 4.78 is 24.0. The third-order valence-electron chi connectivity index (χ3n) is 3.10. The first kappa shape index (κ1) is 19.1. The van der Waals surface area contributed by atoms with E-state index in [9.17, 15) is 14.0 Å². The minimum absolute atomic E-state index is 0.0811. The molecule has 0 aromatic heterocycles. The summed E-state index contributed by atoms with van der Waals surface area (Å²) in [5, 5.41) is 0. The zero-order valence-electron chi connectivity index (χ0n) is 14.1. The van der Waals surface area contributed by atoms with Gasteiger partial charge in [0.25, 0.3) is 0 Å². The highest BCUT2D eigenvalue weighted by Crippen LogP contribution is 2.27. The zero-order chi connectivity index (χ0) is 18.6. The molecule has 0 atom stereocenters. The fourth-order valence-corrected chi connectivity index (χ4v) is 2.34. The Bertz CT molecular complexity index is 796. The van der Waals surface area contributed by atoms with Gasteiger partial charge in [-0.05, 0) is 51.7 Å². The Labute approximate surface area is 154 Å². The second kappa shape index (κ2) is 7.78. The third kappa shape index (κ3) is 5.39. The summed E-state index contributed by atoms with van der Waals surface area (Å²) in [4.78, 5) is 24.7. The Morgan fingerprint density at radius 1 is 1.04 bits per heavy atom. The largest absolute Gasteiger partial charge is 0.462 e. The highest BCUT2D eigenvalue weighted by atomic mass is 79.9. The average molecular weight is 409 g/mol. The lowest BCUT2D eigenvalue weighted by molar-refractivity contribution is 0.0362. The van der Waals surface area contributed by atoms with Gasteiger partial charge in [0.15, 0.2) is 0 Å². The first-order valence-corrected chi connectivity index (χ1v) is 8.40. The van der Waals surface area contributed by atoms with Crippen LogP contribution in [0.3, 0.4) is 0 Å². The zero-order valence-corrected chi connectivity index (χ0v) is 15.7. The molecule has 0 heterocycles. The molecule has 0 aliphatic rings. The smallest absolute Gasteiger partial charge is 0.344 e. The highest BCUT2D eigenvalue weighted by molar-refractivity contribution is 9.10. The number of halogens is 2. The molecule has 0 aliphatic heterocycles. The van der Waals surface area contributed by atoms with Crippen LogP contribution in [0, 0.1) is 11.2 Å². The number of ether oxygens (including phenoxy) is 2. The van der Waals surface area contributed by atoms with Gasteiger partial charge in [-0.1, -0.05) is 32.9 Å². The molecule has 0 radical (unpaired) electrons. The molecule has 25 heavy (non-hydrogen) atoms. The van der Waals surface area contributed by atoms with Gasteiger partial charge in [0, 0.05) is 0 Å². The van der Waals surface area contributed by atoms with E-state index >= 15 is 0 Å². The second-order valence-corrected chi connectivity index (χ2v) is 7.50. The quantitative estimate of drug-likeness (QED) is 0.526. The molecular formula is C19H18BrFO4. The van der Waals surface area contributed by atoms with Gasteiger partial charge in [-0.3, -0.25) is 0 Å². The maximum absolute atomic E-state index is 13.1. The van der Waals surface area contributed by atoms with E-state index in [1.165, 1.54) is 30.3 Å². The Balaban J connectivity index is 2.21. The normalized spacial score (nSPS) is 11.1. The summed E-state index contributed by atoms with van der Waals surface area (Å²) in [6.07, 6.45) is 0. The molecule has 4 nitrogen and oxygen atoms in total. The number of hydrogen-bond acceptors (Lipinski definition) is 4. The van der Waals surface area contributed by atoms with Crippen LogP contribution in [0.5, 0.6) is 5.75 Å². The maximum Gasteiger partial charge on any atom is 0.344 e. The van der Waals surface area contributed by atoms with E-state index in [4.69, 9.17) is 9.47 Å². The Morgan fingerprint density at radius 2 is 1.64 bits per heavy atom. The number of rotatable bonds is 4. The molecule has 2 aromatic carbocycles. The summed E-state index contributed by atoms with van der Waals surface area (Å²) >= 11 is 3.13. The van der Waals surface area contributed by atoms with E-state index in [1.54, 1.807) is 12.1 Å². The summed E-state index contributed by atoms with van der Waals surface area (Å²) in [7, 11) is 0. The van der Waals surface area contributed by atoms with Crippen molar-refractivity contribution in [3.63, 3.8) is 0 Å². The van der Waals surface area contributed by atoms with Crippen LogP contribution < -0.4 is 4.74 Å². The molecule has 0 aliphatic carbocycles. The fraction of sp³-hybridized carbons (Fsp3) is 0.263. The lowest BCUT2D eigenvalue weighted by Gasteiger charge is -2.18. The Kier molecular flexibility index (Phi) is 5.95. The van der Waals surface area contributed by atoms with Crippen molar-refractivity contribution >= 4 is 27.9 Å². The summed E-state index contributed by atoms with van der Waals surface area (Å²) in [5.41, 5.74) is 0.0111. The lowest BCUT2D eigenvalue weighted by Crippen LogP contribution is -2.21. The van der Waals surface area contributed by atoms with E-state index in [0.717, 1.165) is 0 Å². The Morgan fingerprint density at radius 3 is 2.20 bits per heavy atom. The van der Waals surface area contributed by atoms with Crippen LogP contribution >= 0.6 is 15.9 Å². The molecule has 132 valence electrons. The standard InChI is InChI=1S/C19H18BrFO4/c1-19(2,3)11-24-17(22)13-6-4-5-7-14(13)18(23)25-16-9-8-12(21)10-15(16)20/h4-10H,11H2,1-3H3. The molecular weight excluding hydrogens is 391 g/mol. The molecule has 0 N–H and O–H groups in total. The van der Waals surface area contributed by atoms with Gasteiger partial charge in [0.1, 0.15) is 11.6 Å². The van der Waals surface area contributed by atoms with Crippen LogP contribution in [0.1, 0.15) is 41.5 Å². The topological polar surface area (TPSA) is 52.6 Å². The number of carbonyl (C=O) groups is 2. The summed E-state index contributed by atoms with van der Waals surface area (Å²) in [5.74, 6) is -1.63. The van der Waals surface area contributed by atoms with Gasteiger partial charge >= 0.3 is 11.9 Å². The summed E-state index contributed by atoms with van der Waals surface area (Å²) in [6.45, 7) is 6.03. The van der Waals surface area contributed by atoms with E-state index in [0.29, 0.717) is 4.47 Å². The van der Waals surface area contributed by atoms with Crippen molar-refractivity contribution in [2.75, 3.05) is 6.61 Å². The molecule has 6 heteroatoms. The van der Waals surface area contributed by atoms with Crippen molar-refractivity contribution in [2.45, 2.75) is 20.8 Å². The van der Waals surface area contributed by atoms with Crippen LogP contribution in [-0.2, 0) is 4.74 Å². The van der Waals surface area contributed by atoms with Crippen molar-refractivity contribution in [3.05, 3.63) is 63.9 Å². The Hall–Kier alpha value is -2.21. The number of esters is 2. The van der Waals surface area contributed by atoms with Gasteiger partial charge in [-0.25, -0.2) is 14.0 Å². The molecule has 0 unspecified atom stereocenters. The summed E-state index contributed by atoms with van der Waals surface area (Å²) in [6, 6.07) is 9.94. The monoisotopic (exact) mass is 408 g/mol. The fourth-order valence-electron chi connectivity index (χ4n) is 1.91. The third-order valence-corrected chi connectivity index (χ3v) is 3.72. The van der Waals surface area contributed by atoms with Crippen molar-refractivity contribution < 1.29 is 23.5 Å². The van der Waals surface area contributed by atoms with Crippen LogP contribution in [0.4, 0.5) is 4.39 Å². The van der Waals surface area contributed by atoms with Gasteiger partial charge in [-0.15, -0.1) is 0 Å². The van der Waals surface area contributed by atoms with Crippen molar-refractivity contribution in [2.24, 2.45) is 5.41 Å². The number of hydrogen-bond donors (Lipinski definition) is 0. The van der Waals surface area contributed by atoms with E-state index in [2.05, 4.69) is 15.9 Å². The highest BCUT2D eigenvalue weighted by Gasteiger charge is 2.22. The van der Waals surface area contributed by atoms with Crippen molar-refractivity contribution in [3.8, 4) is 5.75 Å². The maximum atomic E-state index is 13.1. The number of benzene rings is 2. The first-order chi connectivity index (χ1) is 11.7. The molecule has 0 saturated carbocycles. The minimum Gasteiger partial charge on any atom is -0.462 e. The molecule has 0 spiro atoms. The molecule has 2 aromatic rings. The molecule has 0 bridgehead atoms. The molecule has 2 rings (SSSR count). The van der Waals surface area contributed by atoms with Crippen LogP contribution in [0.15, 0.2) is 46.9 Å². The van der Waals surface area contributed by atoms with Crippen molar-refractivity contribution in [1.29, 1.82) is 0 Å². The minimum atomic E-state index is -0.726. The second-order valence-electron chi connectivity index (χ2n) is 6.65. The van der Waals surface area contributed by atoms with Crippen LogP contribution in [0.25, 0.3) is 0 Å². The molecule has 0 saturated heterocycles. The van der Waals surface area contributed by atoms with E-state index in [1.807, 2.05) is 20.8 Å². The average Bonchev–Trinajstić information content (AvgIpc) is 2.54. The van der Waals surface area contributed by atoms with Gasteiger partial charge in [0.05, 0.1) is 22.2 Å². The predicted octanol–water partition coefficient (Wildman–Crippen LogP) is 5.01. The van der Waals surface area contributed by atoms with Gasteiger partial charge < -0.3 is 9.47 Å². The van der Waals surface area contributed by atoms with Gasteiger partial charge in [-0.2, -0.15) is 0 Å². The SMILES string of the molecule is CC(C)(C)COC(=O)c1ccccc1C(=O)Oc1ccc(F)cc1Br. The van der Waals surface area contributed by atoms with Crippen molar-refractivity contribution in [1.82, 2.24) is 0 Å². The molecule has 0 fully saturated rings. The van der Waals surface area contributed by atoms with Gasteiger partial charge in [0.2, 0.25) is 0 Å². The lowest BCUT2D eigenvalue weighted by atomic mass is 9.98. The van der Waals surface area contributed by atoms with Crippen LogP contribution in [0.2, 0.25) is 0 Å². The van der Waals surface area contributed by atoms with E-state index in [-0.39, 0.29) is 28.9 Å². The predicted molar refractivity (Wildman–Crippen MR) is 95.2 cm³/mol.